The second kappa shape index (κ2) is 11.1. The van der Waals surface area contributed by atoms with E-state index in [0.717, 1.165) is 39.0 Å². The Morgan fingerprint density at radius 2 is 1.77 bits per heavy atom. The Labute approximate surface area is 254 Å². The number of fused-ring (bicyclic) bond motifs is 1. The van der Waals surface area contributed by atoms with Crippen molar-refractivity contribution in [2.24, 2.45) is 0 Å². The van der Waals surface area contributed by atoms with E-state index in [-0.39, 0.29) is 24.7 Å². The number of thiophene rings is 1. The van der Waals surface area contributed by atoms with Crippen LogP contribution in [-0.4, -0.2) is 32.2 Å². The third kappa shape index (κ3) is 5.11. The van der Waals surface area contributed by atoms with Crippen molar-refractivity contribution in [2.75, 3.05) is 7.11 Å². The number of nitrogens with zero attached hydrogens (tertiary/aromatic N) is 4. The minimum atomic E-state index is -0.758. The number of hydrogen-bond acceptors (Lipinski definition) is 9. The van der Waals surface area contributed by atoms with Gasteiger partial charge in [-0.25, -0.2) is 9.78 Å². The predicted molar refractivity (Wildman–Crippen MR) is 163 cm³/mol. The monoisotopic (exact) mass is 605 g/mol. The third-order valence-electron chi connectivity index (χ3n) is 7.77. The average Bonchev–Trinajstić information content (AvgIpc) is 3.66. The van der Waals surface area contributed by atoms with Crippen LogP contribution in [0.15, 0.2) is 93.0 Å². The van der Waals surface area contributed by atoms with Crippen molar-refractivity contribution < 1.29 is 19.2 Å². The second-order valence-electron chi connectivity index (χ2n) is 10.7. The van der Waals surface area contributed by atoms with Crippen molar-refractivity contribution in [3.8, 4) is 34.3 Å². The number of ketones is 1. The van der Waals surface area contributed by atoms with Crippen molar-refractivity contribution in [1.82, 2.24) is 19.3 Å². The van der Waals surface area contributed by atoms with Crippen LogP contribution in [-0.2, 0) is 13.1 Å². The summed E-state index contributed by atoms with van der Waals surface area (Å²) in [6, 6.07) is 23.6. The molecule has 0 N–H and O–H groups in total. The summed E-state index contributed by atoms with van der Waals surface area (Å²) in [6.07, 6.45) is 1.36. The van der Waals surface area contributed by atoms with Crippen molar-refractivity contribution >= 4 is 27.3 Å². The van der Waals surface area contributed by atoms with Gasteiger partial charge in [0, 0.05) is 16.0 Å². The normalized spacial score (nSPS) is 12.9. The second-order valence-corrected chi connectivity index (χ2v) is 11.7. The van der Waals surface area contributed by atoms with E-state index >= 15 is 0 Å². The van der Waals surface area contributed by atoms with Crippen LogP contribution in [0.25, 0.3) is 32.7 Å². The molecule has 0 amide bonds. The van der Waals surface area contributed by atoms with Gasteiger partial charge >= 0.3 is 5.69 Å². The quantitative estimate of drug-likeness (QED) is 0.214. The van der Waals surface area contributed by atoms with Crippen LogP contribution in [0.3, 0.4) is 0 Å². The topological polar surface area (TPSA) is 132 Å². The molecule has 7 rings (SSSR count). The number of rotatable bonds is 9. The Morgan fingerprint density at radius 1 is 1.00 bits per heavy atom. The smallest absolute Gasteiger partial charge is 0.332 e. The highest BCUT2D eigenvalue weighted by molar-refractivity contribution is 7.18. The van der Waals surface area contributed by atoms with E-state index < -0.39 is 17.3 Å². The van der Waals surface area contributed by atoms with E-state index in [9.17, 15) is 19.5 Å². The Balaban J connectivity index is 1.26. The molecule has 1 aliphatic rings. The van der Waals surface area contributed by atoms with Crippen LogP contribution >= 0.6 is 11.3 Å². The fourth-order valence-corrected chi connectivity index (χ4v) is 6.63. The Bertz CT molecular complexity index is 2150. The van der Waals surface area contributed by atoms with E-state index in [1.165, 1.54) is 18.4 Å². The number of aromatic nitrogens is 4. The summed E-state index contributed by atoms with van der Waals surface area (Å²) in [5.74, 6) is 0.763. The van der Waals surface area contributed by atoms with Gasteiger partial charge in [0.05, 0.1) is 25.6 Å². The molecule has 3 aromatic heterocycles. The number of carbonyl (C=O) groups is 1. The van der Waals surface area contributed by atoms with Crippen LogP contribution in [0.1, 0.15) is 39.6 Å². The Kier molecular flexibility index (Phi) is 6.94. The molecular weight excluding hydrogens is 580 g/mol. The molecule has 0 aliphatic heterocycles. The van der Waals surface area contributed by atoms with Gasteiger partial charge in [0.15, 0.2) is 17.7 Å². The lowest BCUT2D eigenvalue weighted by molar-refractivity contribution is -0.303. The van der Waals surface area contributed by atoms with Crippen molar-refractivity contribution in [2.45, 2.75) is 31.8 Å². The number of hydrogen-bond donors (Lipinski definition) is 0. The maximum absolute atomic E-state index is 13.9. The van der Waals surface area contributed by atoms with Crippen molar-refractivity contribution in [3.63, 3.8) is 0 Å². The molecule has 0 spiro atoms. The van der Waals surface area contributed by atoms with Crippen LogP contribution in [0.4, 0.5) is 0 Å². The summed E-state index contributed by atoms with van der Waals surface area (Å²) in [6.45, 7) is -0.174. The van der Waals surface area contributed by atoms with Crippen LogP contribution in [0.2, 0.25) is 0 Å². The highest BCUT2D eigenvalue weighted by Gasteiger charge is 2.28. The lowest BCUT2D eigenvalue weighted by Crippen LogP contribution is -2.41. The summed E-state index contributed by atoms with van der Waals surface area (Å²) >= 11 is 1.47. The molecule has 1 saturated carbocycles. The van der Waals surface area contributed by atoms with Gasteiger partial charge in [-0.15, -0.1) is 11.3 Å². The van der Waals surface area contributed by atoms with Crippen molar-refractivity contribution in [1.29, 1.82) is 0 Å². The third-order valence-corrected chi connectivity index (χ3v) is 9.09. The number of ether oxygens (including phenoxy) is 1. The van der Waals surface area contributed by atoms with E-state index in [4.69, 9.17) is 4.74 Å². The molecule has 0 bridgehead atoms. The van der Waals surface area contributed by atoms with Gasteiger partial charge in [0.2, 0.25) is 0 Å². The molecular formula is C33H25N4O6S-. The van der Waals surface area contributed by atoms with Gasteiger partial charge in [0.1, 0.15) is 10.6 Å². The number of carbonyl (C=O) groups excluding carboxylic acids is 1. The minimum absolute atomic E-state index is 0.207. The number of benzene rings is 3. The minimum Gasteiger partial charge on any atom is -0.528 e. The maximum atomic E-state index is 13.9. The van der Waals surface area contributed by atoms with E-state index in [1.807, 2.05) is 54.6 Å². The lowest BCUT2D eigenvalue weighted by atomic mass is 9.98. The summed E-state index contributed by atoms with van der Waals surface area (Å²) in [5, 5.41) is 15.7. The lowest BCUT2D eigenvalue weighted by Gasteiger charge is -2.13. The van der Waals surface area contributed by atoms with Crippen LogP contribution in [0.5, 0.6) is 11.8 Å². The zero-order valence-electron chi connectivity index (χ0n) is 23.6. The first-order chi connectivity index (χ1) is 21.4. The van der Waals surface area contributed by atoms with Gasteiger partial charge in [-0.1, -0.05) is 60.7 Å². The van der Waals surface area contributed by atoms with Crippen LogP contribution < -0.4 is 21.1 Å². The molecule has 0 saturated heterocycles. The molecule has 0 unspecified atom stereocenters. The summed E-state index contributed by atoms with van der Waals surface area (Å²) in [5.41, 5.74) is 2.52. The zero-order chi connectivity index (χ0) is 30.4. The molecule has 11 heteroatoms. The largest absolute Gasteiger partial charge is 0.528 e. The molecule has 44 heavy (non-hydrogen) atoms. The molecule has 3 heterocycles. The molecule has 10 nitrogen and oxygen atoms in total. The van der Waals surface area contributed by atoms with Gasteiger partial charge in [-0.3, -0.25) is 18.7 Å². The zero-order valence-corrected chi connectivity index (χ0v) is 24.4. The molecule has 3 aromatic carbocycles. The van der Waals surface area contributed by atoms with Gasteiger partial charge in [0.25, 0.3) is 5.56 Å². The molecule has 1 aliphatic carbocycles. The van der Waals surface area contributed by atoms with E-state index in [1.54, 1.807) is 28.8 Å². The van der Waals surface area contributed by atoms with Crippen molar-refractivity contribution in [3.05, 3.63) is 116 Å². The van der Waals surface area contributed by atoms with E-state index in [0.29, 0.717) is 33.0 Å². The highest BCUT2D eigenvalue weighted by Crippen LogP contribution is 2.44. The van der Waals surface area contributed by atoms with Gasteiger partial charge in [-0.05, 0) is 53.6 Å². The molecule has 0 atom stereocenters. The predicted octanol–water partition coefficient (Wildman–Crippen LogP) is 4.83. The fourth-order valence-electron chi connectivity index (χ4n) is 5.32. The molecule has 0 radical (unpaired) electrons. The molecule has 1 fully saturated rings. The Hall–Kier alpha value is -5.29. The average molecular weight is 606 g/mol. The van der Waals surface area contributed by atoms with Gasteiger partial charge < -0.3 is 14.4 Å². The molecule has 220 valence electrons. The molecule has 6 aromatic rings. The SMILES string of the molecule is COc1cccc(C(=O)Cn2c(=O)c3cc(C4CC4)sc3n(Cc3ccc(-c4ccccc4-c4noc([O-])n4)cc3)c2=O)c1. The summed E-state index contributed by atoms with van der Waals surface area (Å²) in [7, 11) is 1.51. The summed E-state index contributed by atoms with van der Waals surface area (Å²) in [4.78, 5) is 46.2. The number of Topliss-reactive ketones (excluding diaryl/α,β-unsaturated/α-hetero) is 1. The first-order valence-electron chi connectivity index (χ1n) is 14.0. The summed E-state index contributed by atoms with van der Waals surface area (Å²) < 4.78 is 12.5. The first-order valence-corrected chi connectivity index (χ1v) is 14.8. The maximum Gasteiger partial charge on any atom is 0.332 e. The number of methoxy groups -OCH3 is 1. The Morgan fingerprint density at radius 3 is 2.48 bits per heavy atom. The van der Waals surface area contributed by atoms with Crippen LogP contribution in [0, 0.1) is 0 Å². The fraction of sp³-hybridized carbons (Fsp3) is 0.182. The van der Waals surface area contributed by atoms with E-state index in [2.05, 4.69) is 14.7 Å². The van der Waals surface area contributed by atoms with Gasteiger partial charge in [-0.2, -0.15) is 5.16 Å². The highest BCUT2D eigenvalue weighted by atomic mass is 32.1. The standard InChI is InChI=1S/C33H26N4O6S/c1-42-23-6-4-5-22(15-23)27(38)18-36-30(39)26-16-28(21-13-14-21)44-31(26)37(33(36)41)17-19-9-11-20(12-10-19)24-7-2-3-8-25(24)29-34-32(40)43-35-29/h2-12,15-16,21H,13-14,17-18H2,1H3,(H,34,35,40)/p-1. The first kappa shape index (κ1) is 27.5.